The summed E-state index contributed by atoms with van der Waals surface area (Å²) in [6.45, 7) is 1.97. The van der Waals surface area contributed by atoms with Gasteiger partial charge in [0.2, 0.25) is 0 Å². The van der Waals surface area contributed by atoms with Crippen LogP contribution in [0.3, 0.4) is 0 Å². The fraction of sp³-hybridized carbons (Fsp3) is 0.273. The van der Waals surface area contributed by atoms with Gasteiger partial charge in [-0.05, 0) is 18.2 Å². The van der Waals surface area contributed by atoms with Crippen LogP contribution in [0.4, 0.5) is 0 Å². The van der Waals surface area contributed by atoms with Crippen LogP contribution in [0.1, 0.15) is 0 Å². The summed E-state index contributed by atoms with van der Waals surface area (Å²) in [6, 6.07) is 7.75. The van der Waals surface area contributed by atoms with Crippen molar-refractivity contribution in [3.8, 4) is 18.1 Å². The zero-order valence-corrected chi connectivity index (χ0v) is 9.38. The van der Waals surface area contributed by atoms with Gasteiger partial charge in [0, 0.05) is 11.0 Å². The Kier molecular flexibility index (Phi) is 5.13. The Morgan fingerprint density at radius 3 is 3.07 bits per heavy atom. The molecule has 0 heterocycles. The second kappa shape index (κ2) is 6.47. The molecule has 0 aliphatic carbocycles. The predicted octanol–water partition coefficient (Wildman–Crippen LogP) is 2.05. The van der Waals surface area contributed by atoms with E-state index in [2.05, 4.69) is 27.2 Å². The Bertz CT molecular complexity index is 319. The molecule has 1 N–H and O–H groups in total. The summed E-state index contributed by atoms with van der Waals surface area (Å²) in [5.74, 6) is 3.36. The van der Waals surface area contributed by atoms with Crippen LogP contribution in [0.2, 0.25) is 0 Å². The fourth-order valence-corrected chi connectivity index (χ4v) is 1.34. The lowest BCUT2D eigenvalue weighted by atomic mass is 10.3. The maximum Gasteiger partial charge on any atom is 0.120 e. The number of rotatable bonds is 5. The van der Waals surface area contributed by atoms with Crippen molar-refractivity contribution < 1.29 is 4.74 Å². The van der Waals surface area contributed by atoms with Crippen LogP contribution in [0.15, 0.2) is 28.7 Å². The first-order valence-electron chi connectivity index (χ1n) is 4.35. The zero-order chi connectivity index (χ0) is 10.2. The van der Waals surface area contributed by atoms with Crippen molar-refractivity contribution in [3.63, 3.8) is 0 Å². The molecule has 0 aliphatic heterocycles. The van der Waals surface area contributed by atoms with Crippen molar-refractivity contribution in [3.05, 3.63) is 28.7 Å². The van der Waals surface area contributed by atoms with Crippen LogP contribution < -0.4 is 10.1 Å². The molecule has 0 bridgehead atoms. The highest BCUT2D eigenvalue weighted by molar-refractivity contribution is 9.10. The van der Waals surface area contributed by atoms with Crippen LogP contribution in [0.5, 0.6) is 5.75 Å². The van der Waals surface area contributed by atoms with Crippen molar-refractivity contribution in [2.45, 2.75) is 0 Å². The van der Waals surface area contributed by atoms with Gasteiger partial charge in [0.15, 0.2) is 0 Å². The van der Waals surface area contributed by atoms with E-state index in [1.54, 1.807) is 0 Å². The van der Waals surface area contributed by atoms with Crippen molar-refractivity contribution in [2.75, 3.05) is 19.7 Å². The highest BCUT2D eigenvalue weighted by atomic mass is 79.9. The number of terminal acetylenes is 1. The number of hydrogen-bond donors (Lipinski definition) is 1. The molecule has 2 nitrogen and oxygen atoms in total. The molecule has 0 amide bonds. The van der Waals surface area contributed by atoms with Gasteiger partial charge in [0.05, 0.1) is 6.54 Å². The van der Waals surface area contributed by atoms with Crippen molar-refractivity contribution in [2.24, 2.45) is 0 Å². The monoisotopic (exact) mass is 253 g/mol. The largest absolute Gasteiger partial charge is 0.492 e. The highest BCUT2D eigenvalue weighted by Crippen LogP contribution is 2.17. The first kappa shape index (κ1) is 11.1. The first-order chi connectivity index (χ1) is 6.83. The molecule has 0 saturated heterocycles. The summed E-state index contributed by atoms with van der Waals surface area (Å²) in [5, 5.41) is 3.05. The molecule has 3 heteroatoms. The molecule has 0 fully saturated rings. The summed E-state index contributed by atoms with van der Waals surface area (Å²) in [5.41, 5.74) is 0. The summed E-state index contributed by atoms with van der Waals surface area (Å²) in [6.07, 6.45) is 5.08. The second-order valence-corrected chi connectivity index (χ2v) is 3.60. The molecule has 1 rings (SSSR count). The van der Waals surface area contributed by atoms with Gasteiger partial charge in [0.1, 0.15) is 12.4 Å². The maximum atomic E-state index is 5.47. The average molecular weight is 254 g/mol. The molecule has 74 valence electrons. The van der Waals surface area contributed by atoms with Crippen molar-refractivity contribution in [1.82, 2.24) is 5.32 Å². The summed E-state index contributed by atoms with van der Waals surface area (Å²) >= 11 is 3.37. The molecular formula is C11H12BrNO. The minimum absolute atomic E-state index is 0.585. The molecule has 0 spiro atoms. The standard InChI is InChI=1S/C11H12BrNO/c1-2-6-13-7-8-14-11-5-3-4-10(12)9-11/h1,3-5,9,13H,6-8H2. The quantitative estimate of drug-likeness (QED) is 0.641. The SMILES string of the molecule is C#CCNCCOc1cccc(Br)c1. The van der Waals surface area contributed by atoms with Crippen LogP contribution >= 0.6 is 15.9 Å². The number of benzene rings is 1. The van der Waals surface area contributed by atoms with Crippen LogP contribution in [0.25, 0.3) is 0 Å². The third kappa shape index (κ3) is 4.31. The van der Waals surface area contributed by atoms with E-state index < -0.39 is 0 Å². The van der Waals surface area contributed by atoms with Gasteiger partial charge in [0.25, 0.3) is 0 Å². The summed E-state index contributed by atoms with van der Waals surface area (Å²) in [7, 11) is 0. The van der Waals surface area contributed by atoms with Gasteiger partial charge in [-0.25, -0.2) is 0 Å². The highest BCUT2D eigenvalue weighted by Gasteiger charge is 1.93. The number of nitrogens with one attached hydrogen (secondary N) is 1. The third-order valence-electron chi connectivity index (χ3n) is 1.57. The number of hydrogen-bond acceptors (Lipinski definition) is 2. The van der Waals surface area contributed by atoms with Gasteiger partial charge in [-0.1, -0.05) is 27.9 Å². The van der Waals surface area contributed by atoms with Crippen LogP contribution in [0, 0.1) is 12.3 Å². The van der Waals surface area contributed by atoms with E-state index in [9.17, 15) is 0 Å². The third-order valence-corrected chi connectivity index (χ3v) is 2.06. The molecule has 0 aromatic heterocycles. The van der Waals surface area contributed by atoms with Gasteiger partial charge in [-0.3, -0.25) is 0 Å². The van der Waals surface area contributed by atoms with Crippen LogP contribution in [-0.2, 0) is 0 Å². The van der Waals surface area contributed by atoms with E-state index in [1.165, 1.54) is 0 Å². The Labute approximate surface area is 92.8 Å². The molecular weight excluding hydrogens is 242 g/mol. The average Bonchev–Trinajstić information content (AvgIpc) is 2.18. The van der Waals surface area contributed by atoms with Crippen LogP contribution in [-0.4, -0.2) is 19.7 Å². The molecule has 14 heavy (non-hydrogen) atoms. The zero-order valence-electron chi connectivity index (χ0n) is 7.79. The Morgan fingerprint density at radius 1 is 1.50 bits per heavy atom. The Morgan fingerprint density at radius 2 is 2.36 bits per heavy atom. The van der Waals surface area contributed by atoms with E-state index in [-0.39, 0.29) is 0 Å². The summed E-state index contributed by atoms with van der Waals surface area (Å²) < 4.78 is 6.49. The van der Waals surface area contributed by atoms with E-state index in [4.69, 9.17) is 11.2 Å². The molecule has 0 radical (unpaired) electrons. The fourth-order valence-electron chi connectivity index (χ4n) is 0.958. The van der Waals surface area contributed by atoms with E-state index >= 15 is 0 Å². The lowest BCUT2D eigenvalue weighted by Crippen LogP contribution is -2.21. The summed E-state index contributed by atoms with van der Waals surface area (Å²) in [4.78, 5) is 0. The molecule has 0 atom stereocenters. The Balaban J connectivity index is 2.22. The van der Waals surface area contributed by atoms with Gasteiger partial charge in [-0.2, -0.15) is 0 Å². The number of ether oxygens (including phenoxy) is 1. The lowest BCUT2D eigenvalue weighted by molar-refractivity contribution is 0.316. The predicted molar refractivity (Wildman–Crippen MR) is 61.3 cm³/mol. The minimum Gasteiger partial charge on any atom is -0.492 e. The molecule has 0 aliphatic rings. The van der Waals surface area contributed by atoms with Gasteiger partial charge < -0.3 is 10.1 Å². The van der Waals surface area contributed by atoms with E-state index in [0.29, 0.717) is 13.2 Å². The van der Waals surface area contributed by atoms with Gasteiger partial charge in [-0.15, -0.1) is 6.42 Å². The lowest BCUT2D eigenvalue weighted by Gasteiger charge is -2.05. The van der Waals surface area contributed by atoms with E-state index in [0.717, 1.165) is 16.8 Å². The normalized spacial score (nSPS) is 9.43. The molecule has 1 aromatic carbocycles. The first-order valence-corrected chi connectivity index (χ1v) is 5.15. The smallest absolute Gasteiger partial charge is 0.120 e. The minimum atomic E-state index is 0.585. The van der Waals surface area contributed by atoms with Crippen molar-refractivity contribution in [1.29, 1.82) is 0 Å². The second-order valence-electron chi connectivity index (χ2n) is 2.69. The van der Waals surface area contributed by atoms with Crippen molar-refractivity contribution >= 4 is 15.9 Å². The van der Waals surface area contributed by atoms with Gasteiger partial charge >= 0.3 is 0 Å². The topological polar surface area (TPSA) is 21.3 Å². The number of halogens is 1. The molecule has 0 unspecified atom stereocenters. The Hall–Kier alpha value is -0.980. The molecule has 0 saturated carbocycles. The van der Waals surface area contributed by atoms with E-state index in [1.807, 2.05) is 24.3 Å². The maximum absolute atomic E-state index is 5.47. The molecule has 1 aromatic rings.